The van der Waals surface area contributed by atoms with E-state index in [2.05, 4.69) is 26.1 Å². The molecule has 0 radical (unpaired) electrons. The van der Waals surface area contributed by atoms with Crippen LogP contribution in [0.15, 0.2) is 0 Å². The second-order valence-corrected chi connectivity index (χ2v) is 6.32. The van der Waals surface area contributed by atoms with E-state index in [4.69, 9.17) is 9.47 Å². The second-order valence-electron chi connectivity index (χ2n) is 6.32. The normalized spacial score (nSPS) is 44.7. The van der Waals surface area contributed by atoms with Crippen LogP contribution < -0.4 is 5.32 Å². The number of rotatable bonds is 5. The number of hydrogen-bond acceptors (Lipinski definition) is 3. The van der Waals surface area contributed by atoms with Gasteiger partial charge < -0.3 is 14.8 Å². The first-order valence-electron chi connectivity index (χ1n) is 7.54. The lowest BCUT2D eigenvalue weighted by Gasteiger charge is -2.46. The molecule has 0 aromatic carbocycles. The highest BCUT2D eigenvalue weighted by molar-refractivity contribution is 4.99. The van der Waals surface area contributed by atoms with E-state index in [9.17, 15) is 0 Å². The van der Waals surface area contributed by atoms with Crippen molar-refractivity contribution in [2.24, 2.45) is 11.8 Å². The van der Waals surface area contributed by atoms with E-state index < -0.39 is 0 Å². The molecule has 2 fully saturated rings. The topological polar surface area (TPSA) is 30.5 Å². The molecule has 0 aromatic rings. The first-order chi connectivity index (χ1) is 8.63. The monoisotopic (exact) mass is 255 g/mol. The molecule has 0 saturated heterocycles. The van der Waals surface area contributed by atoms with Gasteiger partial charge in [0.1, 0.15) is 0 Å². The van der Waals surface area contributed by atoms with Gasteiger partial charge in [-0.15, -0.1) is 0 Å². The zero-order valence-electron chi connectivity index (χ0n) is 12.3. The summed E-state index contributed by atoms with van der Waals surface area (Å²) in [6.45, 7) is 7.59. The molecule has 0 heterocycles. The summed E-state index contributed by atoms with van der Waals surface area (Å²) >= 11 is 0. The molecule has 2 saturated carbocycles. The Labute approximate surface area is 112 Å². The zero-order chi connectivity index (χ0) is 13.1. The van der Waals surface area contributed by atoms with Crippen molar-refractivity contribution in [2.75, 3.05) is 13.7 Å². The van der Waals surface area contributed by atoms with Crippen LogP contribution in [0, 0.1) is 11.8 Å². The second kappa shape index (κ2) is 6.36. The van der Waals surface area contributed by atoms with Crippen molar-refractivity contribution in [2.45, 2.75) is 70.7 Å². The molecule has 3 nitrogen and oxygen atoms in total. The Morgan fingerprint density at radius 1 is 1.06 bits per heavy atom. The SMILES string of the molecule is CCOC1CC(NC2CC(C)CC(C)C2)C1OC. The molecule has 2 aliphatic carbocycles. The highest BCUT2D eigenvalue weighted by Gasteiger charge is 2.43. The van der Waals surface area contributed by atoms with E-state index in [1.54, 1.807) is 7.11 Å². The maximum absolute atomic E-state index is 5.68. The quantitative estimate of drug-likeness (QED) is 0.819. The Morgan fingerprint density at radius 3 is 2.28 bits per heavy atom. The predicted octanol–water partition coefficient (Wildman–Crippen LogP) is 2.59. The predicted molar refractivity (Wildman–Crippen MR) is 73.7 cm³/mol. The minimum atomic E-state index is 0.248. The van der Waals surface area contributed by atoms with Crippen molar-refractivity contribution >= 4 is 0 Å². The van der Waals surface area contributed by atoms with Crippen LogP contribution in [0.4, 0.5) is 0 Å². The van der Waals surface area contributed by atoms with Crippen LogP contribution in [0.3, 0.4) is 0 Å². The molecule has 1 N–H and O–H groups in total. The Morgan fingerprint density at radius 2 is 1.72 bits per heavy atom. The van der Waals surface area contributed by atoms with Crippen LogP contribution in [0.2, 0.25) is 0 Å². The highest BCUT2D eigenvalue weighted by atomic mass is 16.5. The summed E-state index contributed by atoms with van der Waals surface area (Å²) in [5, 5.41) is 3.80. The van der Waals surface area contributed by atoms with Gasteiger partial charge in [-0.25, -0.2) is 0 Å². The van der Waals surface area contributed by atoms with E-state index in [1.165, 1.54) is 19.3 Å². The largest absolute Gasteiger partial charge is 0.377 e. The lowest BCUT2D eigenvalue weighted by Crippen LogP contribution is -2.62. The smallest absolute Gasteiger partial charge is 0.0986 e. The fraction of sp³-hybridized carbons (Fsp3) is 1.00. The Balaban J connectivity index is 1.79. The maximum atomic E-state index is 5.68. The number of methoxy groups -OCH3 is 1. The molecule has 0 aliphatic heterocycles. The van der Waals surface area contributed by atoms with Gasteiger partial charge in [-0.2, -0.15) is 0 Å². The van der Waals surface area contributed by atoms with Crippen molar-refractivity contribution in [1.82, 2.24) is 5.32 Å². The Bertz CT molecular complexity index is 249. The third kappa shape index (κ3) is 3.25. The van der Waals surface area contributed by atoms with E-state index in [1.807, 2.05) is 0 Å². The minimum Gasteiger partial charge on any atom is -0.377 e. The summed E-state index contributed by atoms with van der Waals surface area (Å²) in [5.41, 5.74) is 0. The summed E-state index contributed by atoms with van der Waals surface area (Å²) in [5.74, 6) is 1.71. The molecular weight excluding hydrogens is 226 g/mol. The van der Waals surface area contributed by atoms with E-state index in [0.717, 1.165) is 24.9 Å². The van der Waals surface area contributed by atoms with E-state index >= 15 is 0 Å². The van der Waals surface area contributed by atoms with Crippen LogP contribution in [-0.2, 0) is 9.47 Å². The standard InChI is InChI=1S/C15H29NO2/c1-5-18-14-9-13(15(14)17-4)16-12-7-10(2)6-11(3)8-12/h10-16H,5-9H2,1-4H3. The third-order valence-corrected chi connectivity index (χ3v) is 4.53. The van der Waals surface area contributed by atoms with Gasteiger partial charge in [-0.3, -0.25) is 0 Å². The molecule has 5 atom stereocenters. The lowest BCUT2D eigenvalue weighted by atomic mass is 9.78. The van der Waals surface area contributed by atoms with Crippen molar-refractivity contribution in [1.29, 1.82) is 0 Å². The van der Waals surface area contributed by atoms with Gasteiger partial charge in [0.15, 0.2) is 0 Å². The van der Waals surface area contributed by atoms with E-state index in [-0.39, 0.29) is 6.10 Å². The minimum absolute atomic E-state index is 0.248. The van der Waals surface area contributed by atoms with Crippen LogP contribution in [0.25, 0.3) is 0 Å². The van der Waals surface area contributed by atoms with Crippen LogP contribution >= 0.6 is 0 Å². The molecule has 0 bridgehead atoms. The number of nitrogens with one attached hydrogen (secondary N) is 1. The maximum Gasteiger partial charge on any atom is 0.0986 e. The van der Waals surface area contributed by atoms with Crippen LogP contribution in [0.1, 0.15) is 46.5 Å². The van der Waals surface area contributed by atoms with Gasteiger partial charge in [0.2, 0.25) is 0 Å². The summed E-state index contributed by atoms with van der Waals surface area (Å²) in [7, 11) is 1.80. The molecular formula is C15H29NO2. The molecule has 18 heavy (non-hydrogen) atoms. The molecule has 2 aliphatic rings. The Hall–Kier alpha value is -0.120. The van der Waals surface area contributed by atoms with Crippen molar-refractivity contribution < 1.29 is 9.47 Å². The fourth-order valence-electron chi connectivity index (χ4n) is 3.82. The van der Waals surface area contributed by atoms with Gasteiger partial charge in [0, 0.05) is 25.8 Å². The highest BCUT2D eigenvalue weighted by Crippen LogP contribution is 2.32. The average molecular weight is 255 g/mol. The molecule has 3 heteroatoms. The summed E-state index contributed by atoms with van der Waals surface area (Å²) in [6, 6.07) is 1.17. The van der Waals surface area contributed by atoms with Gasteiger partial charge in [-0.1, -0.05) is 13.8 Å². The molecule has 0 aromatic heterocycles. The first-order valence-corrected chi connectivity index (χ1v) is 7.54. The summed E-state index contributed by atoms with van der Waals surface area (Å²) in [4.78, 5) is 0. The third-order valence-electron chi connectivity index (χ3n) is 4.53. The molecule has 0 spiro atoms. The van der Waals surface area contributed by atoms with E-state index in [0.29, 0.717) is 18.2 Å². The van der Waals surface area contributed by atoms with Gasteiger partial charge in [-0.05, 0) is 44.4 Å². The number of ether oxygens (including phenoxy) is 2. The van der Waals surface area contributed by atoms with Crippen molar-refractivity contribution in [3.05, 3.63) is 0 Å². The number of hydrogen-bond donors (Lipinski definition) is 1. The molecule has 0 amide bonds. The van der Waals surface area contributed by atoms with Crippen LogP contribution in [0.5, 0.6) is 0 Å². The van der Waals surface area contributed by atoms with Crippen LogP contribution in [-0.4, -0.2) is 38.0 Å². The molecule has 106 valence electrons. The Kier molecular flexibility index (Phi) is 5.05. The first kappa shape index (κ1) is 14.3. The zero-order valence-corrected chi connectivity index (χ0v) is 12.3. The summed E-state index contributed by atoms with van der Waals surface area (Å²) in [6.07, 6.45) is 5.67. The van der Waals surface area contributed by atoms with Crippen molar-refractivity contribution in [3.8, 4) is 0 Å². The molecule has 5 unspecified atom stereocenters. The van der Waals surface area contributed by atoms with Gasteiger partial charge in [0.25, 0.3) is 0 Å². The summed E-state index contributed by atoms with van der Waals surface area (Å²) < 4.78 is 11.2. The van der Waals surface area contributed by atoms with Crippen molar-refractivity contribution in [3.63, 3.8) is 0 Å². The fourth-order valence-corrected chi connectivity index (χ4v) is 3.82. The van der Waals surface area contributed by atoms with Gasteiger partial charge >= 0.3 is 0 Å². The average Bonchev–Trinajstić information content (AvgIpc) is 2.26. The van der Waals surface area contributed by atoms with Gasteiger partial charge in [0.05, 0.1) is 12.2 Å². The lowest BCUT2D eigenvalue weighted by molar-refractivity contribution is -0.134. The molecule has 2 rings (SSSR count).